The Kier molecular flexibility index (Phi) is 5.11. The molecule has 3 aromatic carbocycles. The van der Waals surface area contributed by atoms with Crippen molar-refractivity contribution in [3.05, 3.63) is 102 Å². The Morgan fingerprint density at radius 1 is 0.769 bits per heavy atom. The van der Waals surface area contributed by atoms with E-state index in [9.17, 15) is 0 Å². The Balaban J connectivity index is 1.97. The van der Waals surface area contributed by atoms with E-state index in [1.165, 1.54) is 10.6 Å². The number of aromatic nitrogens is 2. The SMILES string of the molecule is [Se]=P(c1ccccc1)(c1ccccc1)c1nccn1-c1ccc(Br)cc1. The van der Waals surface area contributed by atoms with Gasteiger partial charge in [-0.05, 0) is 0 Å². The fourth-order valence-corrected chi connectivity index (χ4v) is 8.29. The molecule has 0 bridgehead atoms. The van der Waals surface area contributed by atoms with E-state index in [1.807, 2.05) is 12.4 Å². The minimum absolute atomic E-state index is 1.05. The third-order valence-electron chi connectivity index (χ3n) is 4.25. The molecule has 0 N–H and O–H groups in total. The topological polar surface area (TPSA) is 17.8 Å². The van der Waals surface area contributed by atoms with Gasteiger partial charge in [0.15, 0.2) is 0 Å². The molecule has 4 aromatic rings. The summed E-state index contributed by atoms with van der Waals surface area (Å²) in [5.41, 5.74) is 0.178. The van der Waals surface area contributed by atoms with Gasteiger partial charge in [0, 0.05) is 0 Å². The fourth-order valence-electron chi connectivity index (χ4n) is 2.99. The van der Waals surface area contributed by atoms with Gasteiger partial charge >= 0.3 is 170 Å². The Hall–Kier alpha value is -1.70. The second-order valence-electron chi connectivity index (χ2n) is 5.85. The van der Waals surface area contributed by atoms with Crippen LogP contribution in [-0.2, 0) is 0 Å². The van der Waals surface area contributed by atoms with Crippen molar-refractivity contribution in [2.75, 3.05) is 0 Å². The Bertz CT molecular complexity index is 1020. The number of halogens is 1. The second kappa shape index (κ2) is 7.50. The zero-order valence-corrected chi connectivity index (χ0v) is 18.1. The summed E-state index contributed by atoms with van der Waals surface area (Å²) in [5, 5.41) is 2.55. The molecule has 128 valence electrons. The van der Waals surface area contributed by atoms with Crippen LogP contribution in [0.1, 0.15) is 0 Å². The fraction of sp³-hybridized carbons (Fsp3) is 0. The predicted molar refractivity (Wildman–Crippen MR) is 116 cm³/mol. The van der Waals surface area contributed by atoms with E-state index in [4.69, 9.17) is 4.98 Å². The summed E-state index contributed by atoms with van der Waals surface area (Å²) in [6.45, 7) is 0. The predicted octanol–water partition coefficient (Wildman–Crippen LogP) is 4.01. The third kappa shape index (κ3) is 3.19. The standard InChI is InChI=1S/C21H16BrN2PSe/c22-17-11-13-18(14-12-17)24-16-15-23-21(24)25(26,19-7-3-1-4-8-19)20-9-5-2-6-10-20/h1-16H. The number of rotatable bonds is 4. The molecule has 0 aliphatic rings. The van der Waals surface area contributed by atoms with E-state index in [0.717, 1.165) is 15.7 Å². The second-order valence-corrected chi connectivity index (χ2v) is 12.9. The van der Waals surface area contributed by atoms with Crippen LogP contribution >= 0.6 is 21.4 Å². The number of hydrogen-bond donors (Lipinski definition) is 0. The maximum atomic E-state index is 4.81. The zero-order valence-electron chi connectivity index (χ0n) is 13.9. The van der Waals surface area contributed by atoms with Crippen molar-refractivity contribution in [2.45, 2.75) is 0 Å². The molecule has 0 radical (unpaired) electrons. The van der Waals surface area contributed by atoms with Gasteiger partial charge in [0.1, 0.15) is 0 Å². The van der Waals surface area contributed by atoms with Gasteiger partial charge in [-0.1, -0.05) is 0 Å². The van der Waals surface area contributed by atoms with Crippen molar-refractivity contribution in [3.8, 4) is 5.69 Å². The molecule has 0 atom stereocenters. The van der Waals surface area contributed by atoms with Gasteiger partial charge in [0.05, 0.1) is 0 Å². The molecule has 1 aromatic heterocycles. The molecule has 0 spiro atoms. The van der Waals surface area contributed by atoms with Gasteiger partial charge in [-0.3, -0.25) is 0 Å². The van der Waals surface area contributed by atoms with Gasteiger partial charge in [0.25, 0.3) is 0 Å². The minimum atomic E-state index is -1.98. The third-order valence-corrected chi connectivity index (χ3v) is 11.4. The number of nitrogens with zero attached hydrogens (tertiary/aromatic N) is 2. The molecule has 0 amide bonds. The van der Waals surface area contributed by atoms with Crippen LogP contribution in [0.15, 0.2) is 102 Å². The molecule has 2 nitrogen and oxygen atoms in total. The van der Waals surface area contributed by atoms with E-state index < -0.39 is 5.51 Å². The van der Waals surface area contributed by atoms with Crippen LogP contribution in [0, 0.1) is 0 Å². The van der Waals surface area contributed by atoms with Crippen LogP contribution in [0.5, 0.6) is 0 Å². The van der Waals surface area contributed by atoms with Gasteiger partial charge in [-0.25, -0.2) is 0 Å². The van der Waals surface area contributed by atoms with E-state index in [-0.39, 0.29) is 0 Å². The first-order valence-corrected chi connectivity index (χ1v) is 13.0. The Morgan fingerprint density at radius 3 is 1.85 bits per heavy atom. The molecule has 0 unspecified atom stereocenters. The van der Waals surface area contributed by atoms with Gasteiger partial charge in [-0.15, -0.1) is 0 Å². The quantitative estimate of drug-likeness (QED) is 0.315. The van der Waals surface area contributed by atoms with E-state index in [0.29, 0.717) is 0 Å². The zero-order chi connectivity index (χ0) is 18.0. The van der Waals surface area contributed by atoms with Crippen LogP contribution in [-0.4, -0.2) is 24.6 Å². The molecule has 4 rings (SSSR count). The van der Waals surface area contributed by atoms with Gasteiger partial charge in [0.2, 0.25) is 0 Å². The average Bonchev–Trinajstić information content (AvgIpc) is 3.20. The summed E-state index contributed by atoms with van der Waals surface area (Å²) < 4.78 is 3.26. The average molecular weight is 486 g/mol. The van der Waals surface area contributed by atoms with Crippen LogP contribution < -0.4 is 16.2 Å². The summed E-state index contributed by atoms with van der Waals surface area (Å²) in [5.74, 6) is 0. The number of imidazole rings is 1. The number of hydrogen-bond acceptors (Lipinski definition) is 1. The molecular formula is C21H16BrN2PSe. The monoisotopic (exact) mass is 486 g/mol. The Labute approximate surface area is 169 Å². The molecule has 0 saturated heterocycles. The summed E-state index contributed by atoms with van der Waals surface area (Å²) >= 11 is 7.08. The van der Waals surface area contributed by atoms with Crippen molar-refractivity contribution in [1.29, 1.82) is 0 Å². The maximum absolute atomic E-state index is 4.81. The van der Waals surface area contributed by atoms with Crippen molar-refractivity contribution in [3.63, 3.8) is 0 Å². The van der Waals surface area contributed by atoms with Crippen molar-refractivity contribution < 1.29 is 0 Å². The summed E-state index contributed by atoms with van der Waals surface area (Å²) in [4.78, 5) is 4.81. The van der Waals surface area contributed by atoms with Crippen LogP contribution in [0.2, 0.25) is 0 Å². The molecule has 0 aliphatic heterocycles. The molecule has 0 fully saturated rings. The molecule has 0 saturated carbocycles. The summed E-state index contributed by atoms with van der Waals surface area (Å²) in [7, 11) is 0. The van der Waals surface area contributed by atoms with Crippen LogP contribution in [0.25, 0.3) is 5.69 Å². The van der Waals surface area contributed by atoms with Crippen LogP contribution in [0.3, 0.4) is 0 Å². The van der Waals surface area contributed by atoms with E-state index in [1.54, 1.807) is 0 Å². The van der Waals surface area contributed by atoms with Crippen molar-refractivity contribution in [2.24, 2.45) is 0 Å². The molecule has 0 aliphatic carbocycles. The van der Waals surface area contributed by atoms with Gasteiger partial charge in [-0.2, -0.15) is 0 Å². The number of benzene rings is 3. The first kappa shape index (κ1) is 17.7. The van der Waals surface area contributed by atoms with E-state index >= 15 is 0 Å². The molecule has 26 heavy (non-hydrogen) atoms. The Morgan fingerprint density at radius 2 is 1.31 bits per heavy atom. The normalized spacial score (nSPS) is 11.4. The van der Waals surface area contributed by atoms with Gasteiger partial charge < -0.3 is 0 Å². The van der Waals surface area contributed by atoms with Crippen LogP contribution in [0.4, 0.5) is 0 Å². The molecule has 1 heterocycles. The first-order valence-electron chi connectivity index (χ1n) is 8.21. The van der Waals surface area contributed by atoms with Crippen molar-refractivity contribution >= 4 is 52.7 Å². The molecular weight excluding hydrogens is 470 g/mol. The summed E-state index contributed by atoms with van der Waals surface area (Å²) in [6.07, 6.45) is 3.92. The van der Waals surface area contributed by atoms with E-state index in [2.05, 4.69) is 121 Å². The molecule has 5 heteroatoms. The first-order chi connectivity index (χ1) is 12.7. The summed E-state index contributed by atoms with van der Waals surface area (Å²) in [6, 6.07) is 29.6. The van der Waals surface area contributed by atoms with Crippen molar-refractivity contribution in [1.82, 2.24) is 9.55 Å².